The number of aliphatic hydroxyl groups is 1. The predicted molar refractivity (Wildman–Crippen MR) is 149 cm³/mol. The molecular formula is C30H31ClN6O3. The first-order valence-corrected chi connectivity index (χ1v) is 14.1. The molecule has 6 rings (SSSR count). The van der Waals surface area contributed by atoms with Gasteiger partial charge in [0.1, 0.15) is 11.5 Å². The zero-order valence-corrected chi connectivity index (χ0v) is 23.4. The average Bonchev–Trinajstić information content (AvgIpc) is 3.40. The molecule has 0 radical (unpaired) electrons. The fourth-order valence-electron chi connectivity index (χ4n) is 6.08. The van der Waals surface area contributed by atoms with E-state index in [0.29, 0.717) is 46.4 Å². The number of nitriles is 1. The number of carbonyl (C=O) groups is 2. The van der Waals surface area contributed by atoms with Crippen LogP contribution in [0.2, 0.25) is 5.02 Å². The van der Waals surface area contributed by atoms with Gasteiger partial charge in [-0.05, 0) is 92.8 Å². The van der Waals surface area contributed by atoms with Crippen LogP contribution in [0, 0.1) is 30.1 Å². The van der Waals surface area contributed by atoms with Crippen LogP contribution in [-0.2, 0) is 4.79 Å². The van der Waals surface area contributed by atoms with Gasteiger partial charge < -0.3 is 10.4 Å². The summed E-state index contributed by atoms with van der Waals surface area (Å²) < 4.78 is 1.69. The minimum atomic E-state index is -0.929. The first kappa shape index (κ1) is 26.5. The number of pyridine rings is 1. The summed E-state index contributed by atoms with van der Waals surface area (Å²) in [6.45, 7) is 6.28. The normalized spacial score (nSPS) is 24.6. The monoisotopic (exact) mass is 558 g/mol. The number of hydrogen-bond acceptors (Lipinski definition) is 6. The molecule has 9 nitrogen and oxygen atoms in total. The molecule has 1 aliphatic heterocycles. The number of fused-ring (bicyclic) bond motifs is 1. The lowest BCUT2D eigenvalue weighted by molar-refractivity contribution is -0.118. The molecule has 40 heavy (non-hydrogen) atoms. The summed E-state index contributed by atoms with van der Waals surface area (Å²) in [5.74, 6) is 1.34. The molecule has 2 aliphatic carbocycles. The van der Waals surface area contributed by atoms with Gasteiger partial charge >= 0.3 is 0 Å². The van der Waals surface area contributed by atoms with Gasteiger partial charge in [-0.1, -0.05) is 11.6 Å². The van der Waals surface area contributed by atoms with E-state index in [1.807, 2.05) is 26.0 Å². The molecule has 3 heterocycles. The molecule has 0 unspecified atom stereocenters. The number of benzene rings is 1. The maximum atomic E-state index is 13.3. The highest BCUT2D eigenvalue weighted by Gasteiger charge is 2.52. The van der Waals surface area contributed by atoms with Gasteiger partial charge in [0.2, 0.25) is 5.91 Å². The van der Waals surface area contributed by atoms with E-state index >= 15 is 0 Å². The quantitative estimate of drug-likeness (QED) is 0.442. The van der Waals surface area contributed by atoms with Crippen molar-refractivity contribution in [3.05, 3.63) is 75.2 Å². The number of rotatable bonds is 7. The van der Waals surface area contributed by atoms with Crippen LogP contribution in [0.1, 0.15) is 89.5 Å². The fourth-order valence-corrected chi connectivity index (χ4v) is 6.26. The van der Waals surface area contributed by atoms with Crippen LogP contribution in [-0.4, -0.2) is 44.3 Å². The summed E-state index contributed by atoms with van der Waals surface area (Å²) in [6, 6.07) is 9.12. The van der Waals surface area contributed by atoms with E-state index in [4.69, 9.17) is 11.6 Å². The zero-order valence-electron chi connectivity index (χ0n) is 22.6. The van der Waals surface area contributed by atoms with Gasteiger partial charge in [0.15, 0.2) is 0 Å². The Morgan fingerprint density at radius 2 is 2.02 bits per heavy atom. The molecule has 4 atom stereocenters. The van der Waals surface area contributed by atoms with E-state index < -0.39 is 6.10 Å². The zero-order chi connectivity index (χ0) is 28.3. The van der Waals surface area contributed by atoms with Crippen molar-refractivity contribution < 1.29 is 14.7 Å². The van der Waals surface area contributed by atoms with Crippen molar-refractivity contribution in [1.82, 2.24) is 20.1 Å². The Kier molecular flexibility index (Phi) is 6.64. The number of aryl methyl sites for hydroxylation is 1. The van der Waals surface area contributed by atoms with Gasteiger partial charge in [-0.2, -0.15) is 10.4 Å². The van der Waals surface area contributed by atoms with Gasteiger partial charge in [-0.25, -0.2) is 4.98 Å². The number of halogens is 1. The molecular weight excluding hydrogens is 528 g/mol. The van der Waals surface area contributed by atoms with Crippen LogP contribution in [0.5, 0.6) is 0 Å². The highest BCUT2D eigenvalue weighted by molar-refractivity contribution is 6.30. The fraction of sp³-hybridized carbons (Fsp3) is 0.433. The molecule has 0 spiro atoms. The largest absolute Gasteiger partial charge is 0.387 e. The molecule has 206 valence electrons. The van der Waals surface area contributed by atoms with Gasteiger partial charge in [0.25, 0.3) is 5.91 Å². The molecule has 1 aromatic carbocycles. The minimum Gasteiger partial charge on any atom is -0.387 e. The number of carbonyl (C=O) groups excluding carboxylic acids is 2. The number of hydrogen-bond donors (Lipinski definition) is 2. The van der Waals surface area contributed by atoms with Crippen molar-refractivity contribution in [2.75, 3.05) is 11.4 Å². The second kappa shape index (κ2) is 10.0. The lowest BCUT2D eigenvalue weighted by Crippen LogP contribution is -2.43. The molecule has 2 amide bonds. The number of aliphatic hydroxyl groups excluding tert-OH is 1. The Morgan fingerprint density at radius 3 is 2.67 bits per heavy atom. The summed E-state index contributed by atoms with van der Waals surface area (Å²) in [6.07, 6.45) is 4.92. The summed E-state index contributed by atoms with van der Waals surface area (Å²) in [5.41, 5.74) is 4.05. The highest BCUT2D eigenvalue weighted by Crippen LogP contribution is 2.47. The number of nitrogens with zero attached hydrogens (tertiary/aromatic N) is 5. The van der Waals surface area contributed by atoms with Gasteiger partial charge in [0.05, 0.1) is 29.3 Å². The summed E-state index contributed by atoms with van der Waals surface area (Å²) in [4.78, 5) is 32.1. The molecule has 0 bridgehead atoms. The third-order valence-electron chi connectivity index (χ3n) is 8.63. The summed E-state index contributed by atoms with van der Waals surface area (Å²) >= 11 is 6.15. The molecule has 3 aromatic rings. The first-order chi connectivity index (χ1) is 19.1. The molecule has 2 saturated carbocycles. The Hall–Kier alpha value is -3.74. The molecule has 2 aromatic heterocycles. The lowest BCUT2D eigenvalue weighted by Gasteiger charge is -2.36. The lowest BCUT2D eigenvalue weighted by atomic mass is 9.74. The smallest absolute Gasteiger partial charge is 0.255 e. The number of amides is 2. The molecule has 2 N–H and O–H groups in total. The predicted octanol–water partition coefficient (Wildman–Crippen LogP) is 4.43. The van der Waals surface area contributed by atoms with Gasteiger partial charge in [0, 0.05) is 35.9 Å². The number of nitrogens with one attached hydrogen (secondary N) is 1. The third-order valence-corrected chi connectivity index (χ3v) is 8.87. The summed E-state index contributed by atoms with van der Waals surface area (Å²) in [7, 11) is 0. The molecule has 3 fully saturated rings. The highest BCUT2D eigenvalue weighted by atomic mass is 35.5. The van der Waals surface area contributed by atoms with Crippen LogP contribution >= 0.6 is 11.6 Å². The average molecular weight is 559 g/mol. The Labute approximate surface area is 237 Å². The number of anilines is 1. The van der Waals surface area contributed by atoms with E-state index in [2.05, 4.69) is 21.5 Å². The SMILES string of the molecule is Cc1cc(N2C[C@H]3C[C@H]3C2=O)ncc1[C@H](C)n1cc(C(=O)N[C@H]2C[C@@H](c3cc(Cl)ccc3C#N)C2)c([C@@H](C)O)n1. The van der Waals surface area contributed by atoms with Gasteiger partial charge in [-0.15, -0.1) is 0 Å². The molecule has 3 aliphatic rings. The Balaban J connectivity index is 1.16. The topological polar surface area (TPSA) is 124 Å². The van der Waals surface area contributed by atoms with Crippen molar-refractivity contribution in [1.29, 1.82) is 5.26 Å². The first-order valence-electron chi connectivity index (χ1n) is 13.7. The van der Waals surface area contributed by atoms with Crippen LogP contribution in [0.3, 0.4) is 0 Å². The van der Waals surface area contributed by atoms with Crippen LogP contribution in [0.4, 0.5) is 5.82 Å². The van der Waals surface area contributed by atoms with Crippen LogP contribution in [0.25, 0.3) is 0 Å². The second-order valence-corrected chi connectivity index (χ2v) is 11.8. The van der Waals surface area contributed by atoms with E-state index in [1.165, 1.54) is 0 Å². The number of aromatic nitrogens is 3. The Bertz CT molecular complexity index is 1550. The maximum Gasteiger partial charge on any atom is 0.255 e. The molecule has 10 heteroatoms. The van der Waals surface area contributed by atoms with Crippen molar-refractivity contribution in [3.63, 3.8) is 0 Å². The van der Waals surface area contributed by atoms with Crippen LogP contribution < -0.4 is 10.2 Å². The maximum absolute atomic E-state index is 13.3. The van der Waals surface area contributed by atoms with Crippen LogP contribution in [0.15, 0.2) is 36.7 Å². The van der Waals surface area contributed by atoms with Gasteiger partial charge in [-0.3, -0.25) is 19.2 Å². The third kappa shape index (κ3) is 4.65. The van der Waals surface area contributed by atoms with Crippen molar-refractivity contribution >= 4 is 29.2 Å². The van der Waals surface area contributed by atoms with E-state index in [-0.39, 0.29) is 35.7 Å². The standard InChI is InChI=1S/C30H31ClN6O3/c1-15-6-27(36-13-20-9-24(20)30(36)40)33-12-25(15)16(2)37-14-26(28(35-37)17(3)38)29(39)34-22-7-19(8-22)23-10-21(31)5-4-18(23)11-32/h4-6,10,12,14,16-17,19-20,22,24,38H,7-9,13H2,1-3H3,(H,34,39)/t16-,17+,19-,20+,22+,24+/m0/s1. The minimum absolute atomic E-state index is 0.0519. The van der Waals surface area contributed by atoms with E-state index in [9.17, 15) is 20.0 Å². The van der Waals surface area contributed by atoms with E-state index in [1.54, 1.807) is 41.0 Å². The Morgan fingerprint density at radius 1 is 1.25 bits per heavy atom. The van der Waals surface area contributed by atoms with E-state index in [0.717, 1.165) is 29.7 Å². The van der Waals surface area contributed by atoms with Crippen molar-refractivity contribution in [2.24, 2.45) is 11.8 Å². The second-order valence-electron chi connectivity index (χ2n) is 11.4. The summed E-state index contributed by atoms with van der Waals surface area (Å²) in [5, 5.41) is 28.1. The van der Waals surface area contributed by atoms with Crippen molar-refractivity contribution in [2.45, 2.75) is 64.1 Å². The van der Waals surface area contributed by atoms with Crippen molar-refractivity contribution in [3.8, 4) is 6.07 Å². The molecule has 1 saturated heterocycles. The number of piperidine rings is 1.